The van der Waals surface area contributed by atoms with Gasteiger partial charge in [0.25, 0.3) is 5.91 Å². The number of hydrogen-bond donors (Lipinski definition) is 0. The molecule has 6 heteroatoms. The van der Waals surface area contributed by atoms with E-state index in [4.69, 9.17) is 0 Å². The number of thiophene rings is 1. The van der Waals surface area contributed by atoms with Crippen LogP contribution in [0.5, 0.6) is 0 Å². The van der Waals surface area contributed by atoms with E-state index < -0.39 is 0 Å². The highest BCUT2D eigenvalue weighted by atomic mass is 32.2. The van der Waals surface area contributed by atoms with Crippen LogP contribution in [0.3, 0.4) is 0 Å². The van der Waals surface area contributed by atoms with Crippen molar-refractivity contribution < 1.29 is 4.79 Å². The molecule has 1 saturated heterocycles. The van der Waals surface area contributed by atoms with E-state index in [2.05, 4.69) is 22.5 Å². The third kappa shape index (κ3) is 3.16. The molecular weight excluding hydrogens is 344 g/mol. The third-order valence-corrected chi connectivity index (χ3v) is 7.30. The maximum Gasteiger partial charge on any atom is 0.253 e. The molecule has 1 atom stereocenters. The third-order valence-electron chi connectivity index (χ3n) is 4.07. The second kappa shape index (κ2) is 6.63. The van der Waals surface area contributed by atoms with Gasteiger partial charge in [-0.1, -0.05) is 6.07 Å². The second-order valence-electron chi connectivity index (χ2n) is 5.49. The van der Waals surface area contributed by atoms with Crippen LogP contribution in [0.2, 0.25) is 0 Å². The lowest BCUT2D eigenvalue weighted by Crippen LogP contribution is -2.32. The van der Waals surface area contributed by atoms with Crippen LogP contribution in [0.15, 0.2) is 41.2 Å². The van der Waals surface area contributed by atoms with Crippen LogP contribution in [-0.2, 0) is 0 Å². The van der Waals surface area contributed by atoms with Gasteiger partial charge in [-0.2, -0.15) is 11.8 Å². The summed E-state index contributed by atoms with van der Waals surface area (Å²) in [6.45, 7) is 1.65. The molecule has 0 N–H and O–H groups in total. The zero-order valence-electron chi connectivity index (χ0n) is 12.5. The lowest BCUT2D eigenvalue weighted by Gasteiger charge is -2.20. The zero-order valence-corrected chi connectivity index (χ0v) is 14.9. The highest BCUT2D eigenvalue weighted by Crippen LogP contribution is 2.37. The number of thiazole rings is 1. The minimum absolute atomic E-state index is 0.146. The normalized spacial score (nSPS) is 19.0. The van der Waals surface area contributed by atoms with E-state index in [-0.39, 0.29) is 5.91 Å². The Hall–Kier alpha value is -1.37. The summed E-state index contributed by atoms with van der Waals surface area (Å²) in [4.78, 5) is 20.5. The van der Waals surface area contributed by atoms with Gasteiger partial charge < -0.3 is 4.90 Å². The first-order valence-electron chi connectivity index (χ1n) is 7.59. The molecule has 2 aromatic heterocycles. The molecule has 3 aromatic rings. The van der Waals surface area contributed by atoms with E-state index in [1.54, 1.807) is 11.3 Å². The summed E-state index contributed by atoms with van der Waals surface area (Å²) in [6.07, 6.45) is 1.03. The summed E-state index contributed by atoms with van der Waals surface area (Å²) in [5.41, 5.74) is 3.57. The van der Waals surface area contributed by atoms with Crippen LogP contribution in [0.25, 0.3) is 10.2 Å². The van der Waals surface area contributed by atoms with Crippen LogP contribution in [0.1, 0.15) is 26.9 Å². The molecule has 0 aliphatic carbocycles. The average Bonchev–Trinajstić information content (AvgIpc) is 3.21. The summed E-state index contributed by atoms with van der Waals surface area (Å²) >= 11 is 5.37. The first kappa shape index (κ1) is 15.2. The van der Waals surface area contributed by atoms with Crippen molar-refractivity contribution in [3.63, 3.8) is 0 Å². The number of amides is 1. The predicted octanol–water partition coefficient (Wildman–Crippen LogP) is 4.68. The summed E-state index contributed by atoms with van der Waals surface area (Å²) in [7, 11) is 0. The molecule has 118 valence electrons. The Bertz CT molecular complexity index is 812. The van der Waals surface area contributed by atoms with Gasteiger partial charge >= 0.3 is 0 Å². The number of aromatic nitrogens is 1. The summed E-state index contributed by atoms with van der Waals surface area (Å²) < 4.78 is 1.08. The van der Waals surface area contributed by atoms with Gasteiger partial charge in [0.05, 0.1) is 15.7 Å². The van der Waals surface area contributed by atoms with Crippen molar-refractivity contribution in [3.8, 4) is 0 Å². The van der Waals surface area contributed by atoms with Gasteiger partial charge in [0.1, 0.15) is 0 Å². The number of hydrogen-bond acceptors (Lipinski definition) is 5. The number of rotatable bonds is 2. The monoisotopic (exact) mass is 360 g/mol. The van der Waals surface area contributed by atoms with Gasteiger partial charge in [-0.3, -0.25) is 4.79 Å². The van der Waals surface area contributed by atoms with Crippen molar-refractivity contribution in [2.45, 2.75) is 11.7 Å². The molecule has 3 heterocycles. The molecule has 1 aliphatic heterocycles. The van der Waals surface area contributed by atoms with Gasteiger partial charge in [-0.25, -0.2) is 4.98 Å². The Morgan fingerprint density at radius 1 is 1.22 bits per heavy atom. The minimum atomic E-state index is 0.146. The molecular formula is C17H16N2OS3. The Balaban J connectivity index is 1.50. The van der Waals surface area contributed by atoms with E-state index in [0.717, 1.165) is 41.0 Å². The first-order chi connectivity index (χ1) is 11.3. The van der Waals surface area contributed by atoms with Crippen LogP contribution >= 0.6 is 34.4 Å². The molecule has 1 aliphatic rings. The Labute approximate surface area is 147 Å². The molecule has 1 aromatic carbocycles. The van der Waals surface area contributed by atoms with Crippen molar-refractivity contribution in [1.82, 2.24) is 9.88 Å². The maximum absolute atomic E-state index is 12.8. The Kier molecular flexibility index (Phi) is 4.37. The molecule has 1 unspecified atom stereocenters. The van der Waals surface area contributed by atoms with Crippen molar-refractivity contribution in [2.24, 2.45) is 0 Å². The molecule has 23 heavy (non-hydrogen) atoms. The quantitative estimate of drug-likeness (QED) is 0.665. The van der Waals surface area contributed by atoms with Crippen molar-refractivity contribution >= 4 is 50.6 Å². The fourth-order valence-electron chi connectivity index (χ4n) is 2.85. The first-order valence-corrected chi connectivity index (χ1v) is 10.4. The number of nitrogens with zero attached hydrogens (tertiary/aromatic N) is 2. The summed E-state index contributed by atoms with van der Waals surface area (Å²) in [5.74, 6) is 1.14. The van der Waals surface area contributed by atoms with E-state index in [1.807, 2.05) is 51.7 Å². The topological polar surface area (TPSA) is 33.2 Å². The van der Waals surface area contributed by atoms with Gasteiger partial charge in [-0.05, 0) is 36.1 Å². The number of carbonyl (C=O) groups excluding carboxylic acids is 1. The van der Waals surface area contributed by atoms with Crippen molar-refractivity contribution in [1.29, 1.82) is 0 Å². The molecule has 0 radical (unpaired) electrons. The van der Waals surface area contributed by atoms with E-state index >= 15 is 0 Å². The number of benzene rings is 1. The number of fused-ring (bicyclic) bond motifs is 1. The summed E-state index contributed by atoms with van der Waals surface area (Å²) in [6, 6.07) is 10.1. The second-order valence-corrected chi connectivity index (χ2v) is 8.67. The van der Waals surface area contributed by atoms with Gasteiger partial charge in [-0.15, -0.1) is 22.7 Å². The highest BCUT2D eigenvalue weighted by Gasteiger charge is 2.23. The number of thioether (sulfide) groups is 1. The van der Waals surface area contributed by atoms with Gasteiger partial charge in [0, 0.05) is 34.5 Å². The molecule has 0 bridgehead atoms. The Morgan fingerprint density at radius 2 is 2.17 bits per heavy atom. The molecule has 0 saturated carbocycles. The smallest absolute Gasteiger partial charge is 0.253 e. The van der Waals surface area contributed by atoms with E-state index in [0.29, 0.717) is 5.25 Å². The number of carbonyl (C=O) groups is 1. The maximum atomic E-state index is 12.8. The largest absolute Gasteiger partial charge is 0.338 e. The highest BCUT2D eigenvalue weighted by molar-refractivity contribution is 7.99. The SMILES string of the molecule is O=C(c1ccc2ncsc2c1)N1CCSC(c2cccs2)CC1. The molecule has 3 nitrogen and oxygen atoms in total. The summed E-state index contributed by atoms with van der Waals surface area (Å²) in [5, 5.41) is 2.66. The van der Waals surface area contributed by atoms with Crippen molar-refractivity contribution in [2.75, 3.05) is 18.8 Å². The molecule has 0 spiro atoms. The lowest BCUT2D eigenvalue weighted by molar-refractivity contribution is 0.0767. The van der Waals surface area contributed by atoms with Crippen LogP contribution in [0, 0.1) is 0 Å². The van der Waals surface area contributed by atoms with Crippen LogP contribution < -0.4 is 0 Å². The molecule has 4 rings (SSSR count). The Morgan fingerprint density at radius 3 is 3.04 bits per heavy atom. The zero-order chi connectivity index (χ0) is 15.6. The molecule has 1 amide bonds. The predicted molar refractivity (Wildman–Crippen MR) is 99.7 cm³/mol. The molecule has 1 fully saturated rings. The van der Waals surface area contributed by atoms with E-state index in [1.165, 1.54) is 4.88 Å². The van der Waals surface area contributed by atoms with Crippen LogP contribution in [-0.4, -0.2) is 34.6 Å². The van der Waals surface area contributed by atoms with Gasteiger partial charge in [0.15, 0.2) is 0 Å². The lowest BCUT2D eigenvalue weighted by atomic mass is 10.1. The van der Waals surface area contributed by atoms with Crippen LogP contribution in [0.4, 0.5) is 0 Å². The fraction of sp³-hybridized carbons (Fsp3) is 0.294. The van der Waals surface area contributed by atoms with E-state index in [9.17, 15) is 4.79 Å². The fourth-order valence-corrected chi connectivity index (χ4v) is 5.80. The standard InChI is InChI=1S/C17H16N2OS3/c20-17(12-3-4-13-16(10-12)23-11-18-13)19-6-5-15(22-9-7-19)14-2-1-8-21-14/h1-4,8,10-11,15H,5-7,9H2. The van der Waals surface area contributed by atoms with Crippen molar-refractivity contribution in [3.05, 3.63) is 51.7 Å². The van der Waals surface area contributed by atoms with Gasteiger partial charge in [0.2, 0.25) is 0 Å². The average molecular weight is 361 g/mol. The minimum Gasteiger partial charge on any atom is -0.338 e.